The van der Waals surface area contributed by atoms with E-state index in [0.717, 1.165) is 12.5 Å². The maximum absolute atomic E-state index is 11.9. The zero-order chi connectivity index (χ0) is 12.3. The van der Waals surface area contributed by atoms with Gasteiger partial charge >= 0.3 is 0 Å². The molecule has 1 aromatic rings. The standard InChI is InChI=1S/C13H18BrNO2/c1-9-4-2-3-5-10(9)8-15-13(16)11-6-7-17-12(11)14/h6-7,9-10H,2-5,8H2,1H3,(H,15,16). The first-order chi connectivity index (χ1) is 8.18. The Kier molecular flexibility index (Phi) is 4.26. The van der Waals surface area contributed by atoms with Crippen LogP contribution in [0.5, 0.6) is 0 Å². The summed E-state index contributed by atoms with van der Waals surface area (Å²) in [5.74, 6) is 1.29. The first kappa shape index (κ1) is 12.7. The van der Waals surface area contributed by atoms with Crippen LogP contribution in [0.25, 0.3) is 0 Å². The number of rotatable bonds is 3. The highest BCUT2D eigenvalue weighted by atomic mass is 79.9. The monoisotopic (exact) mass is 299 g/mol. The molecule has 2 atom stereocenters. The van der Waals surface area contributed by atoms with E-state index in [1.807, 2.05) is 0 Å². The summed E-state index contributed by atoms with van der Waals surface area (Å²) in [7, 11) is 0. The molecule has 94 valence electrons. The van der Waals surface area contributed by atoms with Gasteiger partial charge in [0, 0.05) is 6.54 Å². The molecule has 1 fully saturated rings. The number of carbonyl (C=O) groups excluding carboxylic acids is 1. The van der Waals surface area contributed by atoms with Gasteiger partial charge in [-0.15, -0.1) is 0 Å². The van der Waals surface area contributed by atoms with Gasteiger partial charge in [-0.1, -0.05) is 26.2 Å². The van der Waals surface area contributed by atoms with E-state index in [9.17, 15) is 4.79 Å². The first-order valence-corrected chi connectivity index (χ1v) is 6.99. The van der Waals surface area contributed by atoms with Crippen LogP contribution in [0.1, 0.15) is 43.0 Å². The molecule has 1 amide bonds. The van der Waals surface area contributed by atoms with E-state index in [1.165, 1.54) is 31.9 Å². The van der Waals surface area contributed by atoms with Crippen LogP contribution >= 0.6 is 15.9 Å². The predicted octanol–water partition coefficient (Wildman–Crippen LogP) is 3.60. The van der Waals surface area contributed by atoms with Gasteiger partial charge in [0.05, 0.1) is 11.8 Å². The molecule has 17 heavy (non-hydrogen) atoms. The molecule has 3 nitrogen and oxygen atoms in total. The van der Waals surface area contributed by atoms with Gasteiger partial charge in [-0.3, -0.25) is 4.79 Å². The van der Waals surface area contributed by atoms with Gasteiger partial charge in [0.25, 0.3) is 5.91 Å². The lowest BCUT2D eigenvalue weighted by atomic mass is 9.80. The second kappa shape index (κ2) is 5.71. The number of carbonyl (C=O) groups is 1. The highest BCUT2D eigenvalue weighted by Crippen LogP contribution is 2.29. The van der Waals surface area contributed by atoms with E-state index in [1.54, 1.807) is 6.07 Å². The molecule has 1 saturated carbocycles. The molecule has 0 saturated heterocycles. The fourth-order valence-electron chi connectivity index (χ4n) is 2.47. The lowest BCUT2D eigenvalue weighted by molar-refractivity contribution is 0.0934. The summed E-state index contributed by atoms with van der Waals surface area (Å²) in [5, 5.41) is 3.00. The molecule has 1 aliphatic rings. The number of nitrogens with one attached hydrogen (secondary N) is 1. The van der Waals surface area contributed by atoms with Crippen LogP contribution < -0.4 is 5.32 Å². The Morgan fingerprint density at radius 3 is 2.94 bits per heavy atom. The minimum Gasteiger partial charge on any atom is -0.457 e. The molecular weight excluding hydrogens is 282 g/mol. The molecular formula is C13H18BrNO2. The highest BCUT2D eigenvalue weighted by Gasteiger charge is 2.22. The summed E-state index contributed by atoms with van der Waals surface area (Å²) in [6, 6.07) is 1.68. The topological polar surface area (TPSA) is 42.2 Å². The van der Waals surface area contributed by atoms with Crippen molar-refractivity contribution in [2.45, 2.75) is 32.6 Å². The van der Waals surface area contributed by atoms with Crippen molar-refractivity contribution in [2.24, 2.45) is 11.8 Å². The summed E-state index contributed by atoms with van der Waals surface area (Å²) in [6.45, 7) is 3.06. The fourth-order valence-corrected chi connectivity index (χ4v) is 2.89. The molecule has 1 aromatic heterocycles. The average molecular weight is 300 g/mol. The van der Waals surface area contributed by atoms with Crippen LogP contribution in [0.4, 0.5) is 0 Å². The smallest absolute Gasteiger partial charge is 0.255 e. The second-order valence-corrected chi connectivity index (χ2v) is 5.56. The number of hydrogen-bond donors (Lipinski definition) is 1. The normalized spacial score (nSPS) is 24.6. The van der Waals surface area contributed by atoms with Crippen molar-refractivity contribution in [1.29, 1.82) is 0 Å². The minimum absolute atomic E-state index is 0.0524. The van der Waals surface area contributed by atoms with E-state index in [0.29, 0.717) is 16.2 Å². The molecule has 0 spiro atoms. The molecule has 2 rings (SSSR count). The third-order valence-corrected chi connectivity index (χ3v) is 4.29. The average Bonchev–Trinajstić information content (AvgIpc) is 2.74. The van der Waals surface area contributed by atoms with Crippen LogP contribution in [0.15, 0.2) is 21.4 Å². The summed E-state index contributed by atoms with van der Waals surface area (Å²) >= 11 is 3.22. The molecule has 1 N–H and O–H groups in total. The quantitative estimate of drug-likeness (QED) is 0.926. The Labute approximate surface area is 110 Å². The third-order valence-electron chi connectivity index (χ3n) is 3.68. The Balaban J connectivity index is 1.86. The molecule has 0 bridgehead atoms. The number of amides is 1. The van der Waals surface area contributed by atoms with Crippen LogP contribution in [0, 0.1) is 11.8 Å². The van der Waals surface area contributed by atoms with Crippen molar-refractivity contribution in [3.05, 3.63) is 22.6 Å². The van der Waals surface area contributed by atoms with Crippen LogP contribution in [-0.2, 0) is 0 Å². The zero-order valence-electron chi connectivity index (χ0n) is 10.0. The van der Waals surface area contributed by atoms with Gasteiger partial charge in [0.2, 0.25) is 0 Å². The summed E-state index contributed by atoms with van der Waals surface area (Å²) in [5.41, 5.74) is 0.577. The maximum atomic E-state index is 11.9. The molecule has 2 unspecified atom stereocenters. The van der Waals surface area contributed by atoms with Crippen LogP contribution in [-0.4, -0.2) is 12.5 Å². The van der Waals surface area contributed by atoms with E-state index >= 15 is 0 Å². The summed E-state index contributed by atoms with van der Waals surface area (Å²) < 4.78 is 5.56. The summed E-state index contributed by atoms with van der Waals surface area (Å²) in [4.78, 5) is 11.9. The SMILES string of the molecule is CC1CCCCC1CNC(=O)c1ccoc1Br. The maximum Gasteiger partial charge on any atom is 0.255 e. The molecule has 0 radical (unpaired) electrons. The van der Waals surface area contributed by atoms with Crippen molar-refractivity contribution >= 4 is 21.8 Å². The second-order valence-electron chi connectivity index (χ2n) is 4.84. The Morgan fingerprint density at radius 1 is 1.53 bits per heavy atom. The van der Waals surface area contributed by atoms with Crippen molar-refractivity contribution in [3.63, 3.8) is 0 Å². The largest absolute Gasteiger partial charge is 0.457 e. The zero-order valence-corrected chi connectivity index (χ0v) is 11.6. The van der Waals surface area contributed by atoms with Gasteiger partial charge in [-0.25, -0.2) is 0 Å². The van der Waals surface area contributed by atoms with E-state index in [4.69, 9.17) is 4.42 Å². The van der Waals surface area contributed by atoms with Crippen molar-refractivity contribution in [2.75, 3.05) is 6.54 Å². The highest BCUT2D eigenvalue weighted by molar-refractivity contribution is 9.10. The van der Waals surface area contributed by atoms with Crippen molar-refractivity contribution < 1.29 is 9.21 Å². The lowest BCUT2D eigenvalue weighted by Crippen LogP contribution is -2.33. The first-order valence-electron chi connectivity index (χ1n) is 6.19. The van der Waals surface area contributed by atoms with Gasteiger partial charge in [-0.05, 0) is 40.3 Å². The van der Waals surface area contributed by atoms with Crippen LogP contribution in [0.2, 0.25) is 0 Å². The van der Waals surface area contributed by atoms with Crippen LogP contribution in [0.3, 0.4) is 0 Å². The summed E-state index contributed by atoms with van der Waals surface area (Å²) in [6.07, 6.45) is 6.66. The van der Waals surface area contributed by atoms with E-state index < -0.39 is 0 Å². The fraction of sp³-hybridized carbons (Fsp3) is 0.615. The molecule has 4 heteroatoms. The van der Waals surface area contributed by atoms with E-state index in [2.05, 4.69) is 28.2 Å². The molecule has 0 aromatic carbocycles. The third kappa shape index (κ3) is 3.12. The van der Waals surface area contributed by atoms with Gasteiger partial charge in [-0.2, -0.15) is 0 Å². The number of hydrogen-bond acceptors (Lipinski definition) is 2. The van der Waals surface area contributed by atoms with Crippen molar-refractivity contribution in [1.82, 2.24) is 5.32 Å². The molecule has 1 aliphatic carbocycles. The van der Waals surface area contributed by atoms with Crippen molar-refractivity contribution in [3.8, 4) is 0 Å². The van der Waals surface area contributed by atoms with E-state index in [-0.39, 0.29) is 5.91 Å². The lowest BCUT2D eigenvalue weighted by Gasteiger charge is -2.28. The van der Waals surface area contributed by atoms with Gasteiger partial charge < -0.3 is 9.73 Å². The molecule has 1 heterocycles. The Bertz CT molecular complexity index is 389. The number of furan rings is 1. The van der Waals surface area contributed by atoms with Gasteiger partial charge in [0.15, 0.2) is 4.67 Å². The number of halogens is 1. The van der Waals surface area contributed by atoms with Gasteiger partial charge in [0.1, 0.15) is 0 Å². The Hall–Kier alpha value is -0.770. The predicted molar refractivity (Wildman–Crippen MR) is 69.9 cm³/mol. The molecule has 0 aliphatic heterocycles. The minimum atomic E-state index is -0.0524. The Morgan fingerprint density at radius 2 is 2.29 bits per heavy atom.